The van der Waals surface area contributed by atoms with Crippen LogP contribution in [0.25, 0.3) is 5.78 Å². The summed E-state index contributed by atoms with van der Waals surface area (Å²) in [5.41, 5.74) is 0. The van der Waals surface area contributed by atoms with Crippen molar-refractivity contribution < 1.29 is 0 Å². The van der Waals surface area contributed by atoms with Crippen LogP contribution in [-0.4, -0.2) is 30.9 Å². The van der Waals surface area contributed by atoms with Gasteiger partial charge in [0.05, 0.1) is 6.54 Å². The summed E-state index contributed by atoms with van der Waals surface area (Å²) in [5.74, 6) is 1.87. The molecule has 0 aliphatic carbocycles. The first kappa shape index (κ1) is 6.13. The molecule has 1 aliphatic heterocycles. The summed E-state index contributed by atoms with van der Waals surface area (Å²) in [6, 6.07) is 0. The van der Waals surface area contributed by atoms with E-state index in [-0.39, 0.29) is 0 Å². The van der Waals surface area contributed by atoms with Crippen molar-refractivity contribution in [1.29, 1.82) is 0 Å². The Labute approximate surface area is 68.2 Å². The number of fused-ring (bicyclic) bond motifs is 3. The maximum Gasteiger partial charge on any atom is 0.253 e. The monoisotopic (exact) mass is 164 g/mol. The van der Waals surface area contributed by atoms with E-state index >= 15 is 0 Å². The van der Waals surface area contributed by atoms with E-state index in [2.05, 4.69) is 25.2 Å². The highest BCUT2D eigenvalue weighted by Crippen LogP contribution is 2.06. The molecule has 0 saturated heterocycles. The van der Waals surface area contributed by atoms with Gasteiger partial charge in [0.2, 0.25) is 0 Å². The molecule has 0 spiro atoms. The lowest BCUT2D eigenvalue weighted by Crippen LogP contribution is -2.28. The minimum Gasteiger partial charge on any atom is -0.308 e. The Balaban J connectivity index is 2.34. The van der Waals surface area contributed by atoms with Crippen molar-refractivity contribution in [2.45, 2.75) is 13.1 Å². The molecule has 0 radical (unpaired) electrons. The van der Waals surface area contributed by atoms with Crippen LogP contribution >= 0.6 is 0 Å². The lowest BCUT2D eigenvalue weighted by Gasteiger charge is -2.12. The number of hydrogen-bond acceptors (Lipinski definition) is 4. The van der Waals surface area contributed by atoms with Crippen molar-refractivity contribution in [2.75, 3.05) is 6.54 Å². The van der Waals surface area contributed by atoms with Crippen LogP contribution in [0, 0.1) is 0 Å². The summed E-state index contributed by atoms with van der Waals surface area (Å²) in [6.07, 6.45) is 1.63. The molecule has 0 fully saturated rings. The lowest BCUT2D eigenvalue weighted by molar-refractivity contribution is 0.510. The number of hydrogen-bond donors (Lipinski definition) is 1. The zero-order chi connectivity index (χ0) is 7.97. The maximum atomic E-state index is 4.31. The van der Waals surface area contributed by atoms with Crippen LogP contribution in [0.1, 0.15) is 5.82 Å². The van der Waals surface area contributed by atoms with E-state index < -0.39 is 0 Å². The molecular formula is C6H8N6. The van der Waals surface area contributed by atoms with E-state index in [0.29, 0.717) is 0 Å². The fourth-order valence-corrected chi connectivity index (χ4v) is 1.52. The van der Waals surface area contributed by atoms with E-state index in [4.69, 9.17) is 0 Å². The third kappa shape index (κ3) is 0.646. The van der Waals surface area contributed by atoms with Gasteiger partial charge in [-0.2, -0.15) is 4.52 Å². The van der Waals surface area contributed by atoms with Gasteiger partial charge in [-0.15, -0.1) is 15.3 Å². The third-order valence-electron chi connectivity index (χ3n) is 2.08. The molecule has 0 amide bonds. The molecule has 3 rings (SSSR count). The maximum absolute atomic E-state index is 4.31. The van der Waals surface area contributed by atoms with E-state index in [9.17, 15) is 0 Å². The second-order valence-electron chi connectivity index (χ2n) is 2.82. The Morgan fingerprint density at radius 1 is 1.50 bits per heavy atom. The van der Waals surface area contributed by atoms with Gasteiger partial charge in [0.25, 0.3) is 5.78 Å². The quantitative estimate of drug-likeness (QED) is 0.544. The van der Waals surface area contributed by atoms with Gasteiger partial charge in [0, 0.05) is 13.1 Å². The summed E-state index contributed by atoms with van der Waals surface area (Å²) in [5, 5.41) is 15.3. The largest absolute Gasteiger partial charge is 0.308 e. The summed E-state index contributed by atoms with van der Waals surface area (Å²) in [7, 11) is 0. The molecule has 6 nitrogen and oxygen atoms in total. The van der Waals surface area contributed by atoms with Crippen molar-refractivity contribution in [3.8, 4) is 0 Å². The molecule has 6 heteroatoms. The second-order valence-corrected chi connectivity index (χ2v) is 2.82. The topological polar surface area (TPSA) is 60.0 Å². The molecule has 0 saturated carbocycles. The molecule has 2 aromatic heterocycles. The lowest BCUT2D eigenvalue weighted by atomic mass is 10.4. The average molecular weight is 164 g/mol. The van der Waals surface area contributed by atoms with Gasteiger partial charge in [-0.05, 0) is 0 Å². The molecule has 1 N–H and O–H groups in total. The zero-order valence-electron chi connectivity index (χ0n) is 6.43. The number of nitrogens with zero attached hydrogens (tertiary/aromatic N) is 5. The van der Waals surface area contributed by atoms with E-state index in [1.54, 1.807) is 10.8 Å². The van der Waals surface area contributed by atoms with Crippen molar-refractivity contribution in [3.63, 3.8) is 0 Å². The first-order valence-corrected chi connectivity index (χ1v) is 3.91. The molecule has 2 aromatic rings. The fourth-order valence-electron chi connectivity index (χ4n) is 1.52. The number of nitrogens with one attached hydrogen (secondary N) is 1. The summed E-state index contributed by atoms with van der Waals surface area (Å²) in [4.78, 5) is 0. The molecule has 12 heavy (non-hydrogen) atoms. The first-order chi connectivity index (χ1) is 5.95. The van der Waals surface area contributed by atoms with Gasteiger partial charge in [-0.25, -0.2) is 0 Å². The van der Waals surface area contributed by atoms with Crippen LogP contribution in [0.4, 0.5) is 0 Å². The van der Waals surface area contributed by atoms with Crippen LogP contribution in [0.5, 0.6) is 0 Å². The van der Waals surface area contributed by atoms with Gasteiger partial charge in [-0.3, -0.25) is 4.57 Å². The highest BCUT2D eigenvalue weighted by molar-refractivity contribution is 5.27. The van der Waals surface area contributed by atoms with Crippen molar-refractivity contribution in [1.82, 2.24) is 29.7 Å². The van der Waals surface area contributed by atoms with Crippen molar-refractivity contribution in [2.24, 2.45) is 0 Å². The Bertz CT molecular complexity index is 413. The average Bonchev–Trinajstić information content (AvgIpc) is 2.62. The highest BCUT2D eigenvalue weighted by atomic mass is 15.5. The van der Waals surface area contributed by atoms with Crippen LogP contribution in [-0.2, 0) is 13.1 Å². The van der Waals surface area contributed by atoms with Gasteiger partial charge >= 0.3 is 0 Å². The smallest absolute Gasteiger partial charge is 0.253 e. The van der Waals surface area contributed by atoms with E-state index in [1.165, 1.54) is 0 Å². The molecule has 0 aromatic carbocycles. The standard InChI is InChI=1S/C6H8N6/c1-2-11-5(3-7-1)10-12-4-8-9-6(11)12/h4,7H,1-3H2. The van der Waals surface area contributed by atoms with Gasteiger partial charge in [0.1, 0.15) is 12.2 Å². The van der Waals surface area contributed by atoms with Crippen LogP contribution in [0.15, 0.2) is 6.33 Å². The molecular weight excluding hydrogens is 156 g/mol. The molecule has 3 heterocycles. The normalized spacial score (nSPS) is 16.7. The molecule has 0 bridgehead atoms. The fraction of sp³-hybridized carbons (Fsp3) is 0.500. The summed E-state index contributed by atoms with van der Waals surface area (Å²) >= 11 is 0. The van der Waals surface area contributed by atoms with Crippen LogP contribution < -0.4 is 5.32 Å². The predicted molar refractivity (Wildman–Crippen MR) is 40.5 cm³/mol. The predicted octanol–water partition coefficient (Wildman–Crippen LogP) is -0.971. The number of aromatic nitrogens is 5. The van der Waals surface area contributed by atoms with Crippen molar-refractivity contribution in [3.05, 3.63) is 12.2 Å². The van der Waals surface area contributed by atoms with Gasteiger partial charge < -0.3 is 5.32 Å². The van der Waals surface area contributed by atoms with Crippen LogP contribution in [0.3, 0.4) is 0 Å². The highest BCUT2D eigenvalue weighted by Gasteiger charge is 2.14. The van der Waals surface area contributed by atoms with Gasteiger partial charge in [0.15, 0.2) is 0 Å². The number of rotatable bonds is 0. The molecule has 62 valence electrons. The Morgan fingerprint density at radius 3 is 3.50 bits per heavy atom. The van der Waals surface area contributed by atoms with E-state index in [0.717, 1.165) is 31.2 Å². The molecule has 1 aliphatic rings. The Hall–Kier alpha value is -1.43. The minimum absolute atomic E-state index is 0.823. The first-order valence-electron chi connectivity index (χ1n) is 3.91. The Morgan fingerprint density at radius 2 is 2.50 bits per heavy atom. The van der Waals surface area contributed by atoms with Gasteiger partial charge in [-0.1, -0.05) is 0 Å². The minimum atomic E-state index is 0.823. The second kappa shape index (κ2) is 2.04. The van der Waals surface area contributed by atoms with E-state index in [1.807, 2.05) is 0 Å². The molecule has 0 atom stereocenters. The molecule has 0 unspecified atom stereocenters. The zero-order valence-corrected chi connectivity index (χ0v) is 6.43. The summed E-state index contributed by atoms with van der Waals surface area (Å²) in [6.45, 7) is 2.73. The SMILES string of the molecule is c1nnc2n3c(nn12)CNCC3. The van der Waals surface area contributed by atoms with Crippen LogP contribution in [0.2, 0.25) is 0 Å². The van der Waals surface area contributed by atoms with Crippen molar-refractivity contribution >= 4 is 5.78 Å². The Kier molecular flexibility index (Phi) is 1.04. The third-order valence-corrected chi connectivity index (χ3v) is 2.08. The summed E-state index contributed by atoms with van der Waals surface area (Å²) < 4.78 is 3.80.